The van der Waals surface area contributed by atoms with E-state index in [1.807, 2.05) is 19.1 Å². The molecule has 0 aliphatic carbocycles. The van der Waals surface area contributed by atoms with E-state index in [1.165, 1.54) is 0 Å². The molecule has 1 aromatic heterocycles. The van der Waals surface area contributed by atoms with Crippen LogP contribution in [0, 0.1) is 0 Å². The molecule has 4 heteroatoms. The highest BCUT2D eigenvalue weighted by Crippen LogP contribution is 2.19. The Labute approximate surface area is 77.9 Å². The monoisotopic (exact) mass is 181 g/mol. The zero-order chi connectivity index (χ0) is 9.68. The lowest BCUT2D eigenvalue weighted by molar-refractivity contribution is 0.320. The maximum atomic E-state index is 5.78. The fraction of sp³-hybridized carbons (Fsp3) is 0.444. The summed E-state index contributed by atoms with van der Waals surface area (Å²) in [6, 6.07) is 3.51. The van der Waals surface area contributed by atoms with Gasteiger partial charge in [0.15, 0.2) is 0 Å². The standard InChI is InChI=1S/C9H15N3O/c1-2-13-9-7(8(11)6-10)4-3-5-12-9/h3-5,8H,2,6,10-11H2,1H3/t8-/m0/s1. The van der Waals surface area contributed by atoms with E-state index in [9.17, 15) is 0 Å². The summed E-state index contributed by atoms with van der Waals surface area (Å²) < 4.78 is 5.31. The van der Waals surface area contributed by atoms with Crippen molar-refractivity contribution in [2.24, 2.45) is 11.5 Å². The summed E-state index contributed by atoms with van der Waals surface area (Å²) in [7, 11) is 0. The average Bonchev–Trinajstić information content (AvgIpc) is 2.18. The van der Waals surface area contributed by atoms with Crippen LogP contribution in [0.3, 0.4) is 0 Å². The van der Waals surface area contributed by atoms with Gasteiger partial charge < -0.3 is 16.2 Å². The SMILES string of the molecule is CCOc1ncccc1[C@@H](N)CN. The van der Waals surface area contributed by atoms with Crippen molar-refractivity contribution >= 4 is 0 Å². The minimum atomic E-state index is -0.199. The van der Waals surface area contributed by atoms with Crippen LogP contribution < -0.4 is 16.2 Å². The summed E-state index contributed by atoms with van der Waals surface area (Å²) in [5.41, 5.74) is 12.1. The van der Waals surface area contributed by atoms with E-state index in [0.717, 1.165) is 5.56 Å². The van der Waals surface area contributed by atoms with Crippen LogP contribution in [0.1, 0.15) is 18.5 Å². The second-order valence-electron chi connectivity index (χ2n) is 2.67. The van der Waals surface area contributed by atoms with Gasteiger partial charge in [0.05, 0.1) is 6.61 Å². The Kier molecular flexibility index (Phi) is 3.67. The van der Waals surface area contributed by atoms with E-state index in [-0.39, 0.29) is 6.04 Å². The van der Waals surface area contributed by atoms with Gasteiger partial charge in [0.2, 0.25) is 5.88 Å². The van der Waals surface area contributed by atoms with E-state index < -0.39 is 0 Å². The van der Waals surface area contributed by atoms with Crippen LogP contribution in [0.4, 0.5) is 0 Å². The van der Waals surface area contributed by atoms with Gasteiger partial charge in [-0.2, -0.15) is 0 Å². The van der Waals surface area contributed by atoms with E-state index >= 15 is 0 Å². The molecule has 0 saturated carbocycles. The van der Waals surface area contributed by atoms with Gasteiger partial charge in [-0.3, -0.25) is 0 Å². The number of aromatic nitrogens is 1. The Morgan fingerprint density at radius 3 is 3.00 bits per heavy atom. The second-order valence-corrected chi connectivity index (χ2v) is 2.67. The van der Waals surface area contributed by atoms with Crippen LogP contribution in [-0.4, -0.2) is 18.1 Å². The largest absolute Gasteiger partial charge is 0.478 e. The molecule has 0 aromatic carbocycles. The number of nitrogens with two attached hydrogens (primary N) is 2. The van der Waals surface area contributed by atoms with Gasteiger partial charge in [0, 0.05) is 24.3 Å². The molecule has 0 amide bonds. The quantitative estimate of drug-likeness (QED) is 0.706. The number of hydrogen-bond acceptors (Lipinski definition) is 4. The van der Waals surface area contributed by atoms with E-state index in [2.05, 4.69) is 4.98 Å². The van der Waals surface area contributed by atoms with Gasteiger partial charge >= 0.3 is 0 Å². The smallest absolute Gasteiger partial charge is 0.218 e. The second kappa shape index (κ2) is 4.79. The van der Waals surface area contributed by atoms with Crippen LogP contribution in [0.25, 0.3) is 0 Å². The predicted octanol–water partition coefficient (Wildman–Crippen LogP) is 0.439. The van der Waals surface area contributed by atoms with Gasteiger partial charge in [0.25, 0.3) is 0 Å². The van der Waals surface area contributed by atoms with Crippen molar-refractivity contribution in [3.63, 3.8) is 0 Å². The molecule has 4 N–H and O–H groups in total. The fourth-order valence-corrected chi connectivity index (χ4v) is 1.07. The van der Waals surface area contributed by atoms with Gasteiger partial charge in [-0.05, 0) is 13.0 Å². The molecule has 1 rings (SSSR count). The van der Waals surface area contributed by atoms with Gasteiger partial charge in [-0.25, -0.2) is 4.98 Å². The van der Waals surface area contributed by atoms with Crippen molar-refractivity contribution in [1.29, 1.82) is 0 Å². The molecule has 0 unspecified atom stereocenters. The normalized spacial score (nSPS) is 12.5. The van der Waals surface area contributed by atoms with E-state index in [0.29, 0.717) is 19.0 Å². The van der Waals surface area contributed by atoms with Crippen LogP contribution in [0.15, 0.2) is 18.3 Å². The van der Waals surface area contributed by atoms with E-state index in [1.54, 1.807) is 6.20 Å². The maximum absolute atomic E-state index is 5.78. The molecule has 1 heterocycles. The molecule has 1 atom stereocenters. The van der Waals surface area contributed by atoms with Crippen molar-refractivity contribution in [3.8, 4) is 5.88 Å². The lowest BCUT2D eigenvalue weighted by Gasteiger charge is -2.12. The molecule has 0 saturated heterocycles. The number of ether oxygens (including phenoxy) is 1. The van der Waals surface area contributed by atoms with Crippen LogP contribution in [0.5, 0.6) is 5.88 Å². The Hall–Kier alpha value is -1.13. The first-order valence-electron chi connectivity index (χ1n) is 4.33. The number of nitrogens with zero attached hydrogens (tertiary/aromatic N) is 1. The summed E-state index contributed by atoms with van der Waals surface area (Å²) >= 11 is 0. The first kappa shape index (κ1) is 9.95. The van der Waals surface area contributed by atoms with Crippen molar-refractivity contribution in [1.82, 2.24) is 4.98 Å². The van der Waals surface area contributed by atoms with Gasteiger partial charge in [-0.15, -0.1) is 0 Å². The molecule has 0 bridgehead atoms. The summed E-state index contributed by atoms with van der Waals surface area (Å²) in [6.45, 7) is 2.89. The molecule has 1 aromatic rings. The van der Waals surface area contributed by atoms with Gasteiger partial charge in [-0.1, -0.05) is 6.07 Å². The average molecular weight is 181 g/mol. The minimum Gasteiger partial charge on any atom is -0.478 e. The zero-order valence-electron chi connectivity index (χ0n) is 7.73. The molecule has 4 nitrogen and oxygen atoms in total. The fourth-order valence-electron chi connectivity index (χ4n) is 1.07. The highest BCUT2D eigenvalue weighted by atomic mass is 16.5. The highest BCUT2D eigenvalue weighted by molar-refractivity contribution is 5.28. The first-order chi connectivity index (χ1) is 6.29. The Morgan fingerprint density at radius 2 is 2.38 bits per heavy atom. The maximum Gasteiger partial charge on any atom is 0.218 e. The summed E-state index contributed by atoms with van der Waals surface area (Å²) in [5, 5.41) is 0. The number of rotatable bonds is 4. The van der Waals surface area contributed by atoms with Crippen LogP contribution in [-0.2, 0) is 0 Å². The predicted molar refractivity (Wildman–Crippen MR) is 51.4 cm³/mol. The van der Waals surface area contributed by atoms with E-state index in [4.69, 9.17) is 16.2 Å². The van der Waals surface area contributed by atoms with Crippen LogP contribution in [0.2, 0.25) is 0 Å². The molecular weight excluding hydrogens is 166 g/mol. The van der Waals surface area contributed by atoms with Crippen molar-refractivity contribution in [2.45, 2.75) is 13.0 Å². The van der Waals surface area contributed by atoms with Crippen molar-refractivity contribution in [2.75, 3.05) is 13.2 Å². The van der Waals surface area contributed by atoms with Gasteiger partial charge in [0.1, 0.15) is 0 Å². The third-order valence-corrected chi connectivity index (χ3v) is 1.74. The Balaban J connectivity index is 2.90. The van der Waals surface area contributed by atoms with Crippen molar-refractivity contribution in [3.05, 3.63) is 23.9 Å². The molecule has 13 heavy (non-hydrogen) atoms. The summed E-state index contributed by atoms with van der Waals surface area (Å²) in [6.07, 6.45) is 1.68. The molecule has 0 aliphatic rings. The zero-order valence-corrected chi connectivity index (χ0v) is 7.73. The summed E-state index contributed by atoms with van der Waals surface area (Å²) in [4.78, 5) is 4.08. The first-order valence-corrected chi connectivity index (χ1v) is 4.33. The Morgan fingerprint density at radius 1 is 1.62 bits per heavy atom. The lowest BCUT2D eigenvalue weighted by Crippen LogP contribution is -2.21. The molecular formula is C9H15N3O. The molecule has 0 spiro atoms. The molecule has 0 radical (unpaired) electrons. The summed E-state index contributed by atoms with van der Waals surface area (Å²) in [5.74, 6) is 0.586. The third-order valence-electron chi connectivity index (χ3n) is 1.74. The highest BCUT2D eigenvalue weighted by Gasteiger charge is 2.10. The molecule has 0 aliphatic heterocycles. The third kappa shape index (κ3) is 2.40. The lowest BCUT2D eigenvalue weighted by atomic mass is 10.1. The minimum absolute atomic E-state index is 0.199. The molecule has 0 fully saturated rings. The number of hydrogen-bond donors (Lipinski definition) is 2. The Bertz CT molecular complexity index is 265. The molecule has 72 valence electrons. The van der Waals surface area contributed by atoms with Crippen molar-refractivity contribution < 1.29 is 4.74 Å². The topological polar surface area (TPSA) is 74.2 Å². The number of pyridine rings is 1. The van der Waals surface area contributed by atoms with Crippen LogP contribution >= 0.6 is 0 Å².